The van der Waals surface area contributed by atoms with Crippen LogP contribution in [0.3, 0.4) is 0 Å². The van der Waals surface area contributed by atoms with Crippen molar-refractivity contribution < 1.29 is 29.3 Å². The van der Waals surface area contributed by atoms with Gasteiger partial charge in [0.05, 0.1) is 12.7 Å². The highest BCUT2D eigenvalue weighted by atomic mass is 16.6. The van der Waals surface area contributed by atoms with Gasteiger partial charge < -0.3 is 19.7 Å². The highest BCUT2D eigenvalue weighted by molar-refractivity contribution is 5.70. The summed E-state index contributed by atoms with van der Waals surface area (Å²) >= 11 is 0. The molecule has 6 heteroatoms. The second kappa shape index (κ2) is 32.2. The molecule has 2 N–H and O–H groups in total. The molecule has 254 valence electrons. The first-order valence-electron chi connectivity index (χ1n) is 17.7. The predicted octanol–water partition coefficient (Wildman–Crippen LogP) is 9.50. The lowest BCUT2D eigenvalue weighted by atomic mass is 9.99. The van der Waals surface area contributed by atoms with Crippen LogP contribution in [-0.4, -0.2) is 47.6 Å². The van der Waals surface area contributed by atoms with E-state index in [1.54, 1.807) is 6.08 Å². The first kappa shape index (κ1) is 41.8. The maximum atomic E-state index is 12.1. The van der Waals surface area contributed by atoms with Crippen molar-refractivity contribution in [3.8, 4) is 0 Å². The minimum Gasteiger partial charge on any atom is -0.462 e. The summed E-state index contributed by atoms with van der Waals surface area (Å²) in [5.74, 6) is 0.0461. The lowest BCUT2D eigenvalue weighted by Crippen LogP contribution is -2.28. The number of allylic oxidation sites excluding steroid dienone is 7. The SMILES string of the molecule is CCCCC/C=C\C/C=C\C/C=C\C=C\[C@H](O)CCCC(=O)O[C@@H](CO)COC(=O)CCCCCCCCCCC(C)CC. The fourth-order valence-electron chi connectivity index (χ4n) is 4.63. The molecule has 0 aromatic rings. The molecule has 0 aliphatic rings. The van der Waals surface area contributed by atoms with Crippen molar-refractivity contribution in [2.75, 3.05) is 13.2 Å². The minimum absolute atomic E-state index is 0.126. The number of carbonyl (C=O) groups is 2. The van der Waals surface area contributed by atoms with Crippen molar-refractivity contribution >= 4 is 11.9 Å². The van der Waals surface area contributed by atoms with Crippen LogP contribution in [-0.2, 0) is 19.1 Å². The Morgan fingerprint density at radius 1 is 0.705 bits per heavy atom. The average Bonchev–Trinajstić information content (AvgIpc) is 3.02. The summed E-state index contributed by atoms with van der Waals surface area (Å²) in [4.78, 5) is 24.2. The number of hydrogen-bond donors (Lipinski definition) is 2. The van der Waals surface area contributed by atoms with E-state index in [1.807, 2.05) is 18.2 Å². The number of ether oxygens (including phenoxy) is 2. The molecular weight excluding hydrogens is 552 g/mol. The molecule has 0 amide bonds. The Balaban J connectivity index is 3.84. The van der Waals surface area contributed by atoms with E-state index in [0.29, 0.717) is 19.3 Å². The zero-order valence-electron chi connectivity index (χ0n) is 28.4. The Kier molecular flexibility index (Phi) is 30.6. The van der Waals surface area contributed by atoms with Gasteiger partial charge in [0.15, 0.2) is 6.10 Å². The number of hydrogen-bond acceptors (Lipinski definition) is 6. The number of unbranched alkanes of at least 4 members (excludes halogenated alkanes) is 10. The molecule has 44 heavy (non-hydrogen) atoms. The zero-order valence-corrected chi connectivity index (χ0v) is 28.4. The molecule has 0 aromatic carbocycles. The van der Waals surface area contributed by atoms with Gasteiger partial charge in [0.25, 0.3) is 0 Å². The Morgan fingerprint density at radius 2 is 1.34 bits per heavy atom. The average molecular weight is 619 g/mol. The lowest BCUT2D eigenvalue weighted by molar-refractivity contribution is -0.161. The molecular formula is C38H66O6. The Labute approximate surface area is 270 Å². The van der Waals surface area contributed by atoms with Crippen LogP contribution in [0.4, 0.5) is 0 Å². The Morgan fingerprint density at radius 3 is 2.02 bits per heavy atom. The van der Waals surface area contributed by atoms with Crippen molar-refractivity contribution in [2.45, 2.75) is 161 Å². The topological polar surface area (TPSA) is 93.1 Å². The van der Waals surface area contributed by atoms with Crippen LogP contribution in [0.5, 0.6) is 0 Å². The van der Waals surface area contributed by atoms with E-state index in [9.17, 15) is 19.8 Å². The molecule has 0 bridgehead atoms. The van der Waals surface area contributed by atoms with Gasteiger partial charge in [-0.2, -0.15) is 0 Å². The van der Waals surface area contributed by atoms with Crippen LogP contribution in [0, 0.1) is 5.92 Å². The predicted molar refractivity (Wildman–Crippen MR) is 183 cm³/mol. The standard InChI is InChI=1S/C38H66O6/c1-4-6-7-8-9-10-11-12-13-14-18-21-24-28-35(40)29-26-31-38(42)44-36(32-39)33-43-37(41)30-25-22-19-16-15-17-20-23-27-34(3)5-2/h9-10,12-13,18,21,24,28,34-36,39-40H,4-8,11,14-17,19-20,22-23,25-27,29-33H2,1-3H3/b10-9-,13-12-,21-18-,28-24+/t34?,35-,36-/m0/s1. The lowest BCUT2D eigenvalue weighted by Gasteiger charge is -2.16. The second-order valence-corrected chi connectivity index (χ2v) is 12.0. The number of aliphatic hydroxyl groups is 2. The molecule has 0 aromatic heterocycles. The summed E-state index contributed by atoms with van der Waals surface area (Å²) in [6.45, 7) is 6.26. The molecule has 0 aliphatic carbocycles. The van der Waals surface area contributed by atoms with Gasteiger partial charge in [0.2, 0.25) is 0 Å². The molecule has 1 unspecified atom stereocenters. The number of aliphatic hydroxyl groups excluding tert-OH is 2. The maximum Gasteiger partial charge on any atom is 0.306 e. The second-order valence-electron chi connectivity index (χ2n) is 12.0. The third-order valence-corrected chi connectivity index (χ3v) is 7.77. The molecule has 0 fully saturated rings. The summed E-state index contributed by atoms with van der Waals surface area (Å²) in [7, 11) is 0. The summed E-state index contributed by atoms with van der Waals surface area (Å²) in [5.41, 5.74) is 0. The molecule has 0 rings (SSSR count). The van der Waals surface area contributed by atoms with Crippen LogP contribution in [0.2, 0.25) is 0 Å². The third-order valence-electron chi connectivity index (χ3n) is 7.77. The molecule has 0 spiro atoms. The molecule has 6 nitrogen and oxygen atoms in total. The first-order valence-corrected chi connectivity index (χ1v) is 17.7. The van der Waals surface area contributed by atoms with E-state index < -0.39 is 24.8 Å². The monoisotopic (exact) mass is 618 g/mol. The smallest absolute Gasteiger partial charge is 0.306 e. The quantitative estimate of drug-likeness (QED) is 0.0360. The summed E-state index contributed by atoms with van der Waals surface area (Å²) in [6.07, 6.45) is 34.8. The maximum absolute atomic E-state index is 12.1. The normalized spacial score (nSPS) is 14.2. The fourth-order valence-corrected chi connectivity index (χ4v) is 4.63. The van der Waals surface area contributed by atoms with Gasteiger partial charge >= 0.3 is 11.9 Å². The van der Waals surface area contributed by atoms with Crippen molar-refractivity contribution in [2.24, 2.45) is 5.92 Å². The summed E-state index contributed by atoms with van der Waals surface area (Å²) < 4.78 is 10.5. The van der Waals surface area contributed by atoms with Crippen molar-refractivity contribution in [3.05, 3.63) is 48.6 Å². The fraction of sp³-hybridized carbons (Fsp3) is 0.737. The van der Waals surface area contributed by atoms with Gasteiger partial charge in [-0.3, -0.25) is 9.59 Å². The van der Waals surface area contributed by atoms with Gasteiger partial charge in [-0.05, 0) is 50.9 Å². The summed E-state index contributed by atoms with van der Waals surface area (Å²) in [5, 5.41) is 19.6. The number of carbonyl (C=O) groups excluding carboxylic acids is 2. The highest BCUT2D eigenvalue weighted by Gasteiger charge is 2.16. The van der Waals surface area contributed by atoms with E-state index >= 15 is 0 Å². The largest absolute Gasteiger partial charge is 0.462 e. The van der Waals surface area contributed by atoms with Crippen LogP contribution >= 0.6 is 0 Å². The third kappa shape index (κ3) is 29.9. The molecule has 3 atom stereocenters. The Hall–Kier alpha value is -2.18. The zero-order chi connectivity index (χ0) is 32.5. The van der Waals surface area contributed by atoms with Crippen molar-refractivity contribution in [3.63, 3.8) is 0 Å². The van der Waals surface area contributed by atoms with Crippen molar-refractivity contribution in [1.29, 1.82) is 0 Å². The van der Waals surface area contributed by atoms with E-state index in [0.717, 1.165) is 44.4 Å². The van der Waals surface area contributed by atoms with Gasteiger partial charge in [-0.25, -0.2) is 0 Å². The number of esters is 2. The highest BCUT2D eigenvalue weighted by Crippen LogP contribution is 2.15. The summed E-state index contributed by atoms with van der Waals surface area (Å²) in [6, 6.07) is 0. The molecule has 0 aliphatic heterocycles. The number of rotatable bonds is 30. The molecule has 0 heterocycles. The first-order chi connectivity index (χ1) is 21.4. The van der Waals surface area contributed by atoms with Crippen LogP contribution in [0.15, 0.2) is 48.6 Å². The molecule has 0 radical (unpaired) electrons. The van der Waals surface area contributed by atoms with Gasteiger partial charge in [0, 0.05) is 12.8 Å². The van der Waals surface area contributed by atoms with E-state index in [4.69, 9.17) is 9.47 Å². The van der Waals surface area contributed by atoms with E-state index in [2.05, 4.69) is 45.1 Å². The van der Waals surface area contributed by atoms with Crippen LogP contribution in [0.25, 0.3) is 0 Å². The van der Waals surface area contributed by atoms with Gasteiger partial charge in [0.1, 0.15) is 6.61 Å². The molecule has 0 saturated heterocycles. The molecule has 0 saturated carbocycles. The Bertz CT molecular complexity index is 784. The van der Waals surface area contributed by atoms with E-state index in [1.165, 1.54) is 64.2 Å². The van der Waals surface area contributed by atoms with Crippen LogP contribution in [0.1, 0.15) is 149 Å². The van der Waals surface area contributed by atoms with Crippen LogP contribution < -0.4 is 0 Å². The van der Waals surface area contributed by atoms with Crippen molar-refractivity contribution in [1.82, 2.24) is 0 Å². The van der Waals surface area contributed by atoms with E-state index in [-0.39, 0.29) is 19.0 Å². The van der Waals surface area contributed by atoms with Gasteiger partial charge in [-0.1, -0.05) is 140 Å². The van der Waals surface area contributed by atoms with Gasteiger partial charge in [-0.15, -0.1) is 0 Å². The minimum atomic E-state index is -0.863.